The lowest BCUT2D eigenvalue weighted by Gasteiger charge is -2.33. The van der Waals surface area contributed by atoms with E-state index < -0.39 is 11.7 Å². The number of amides is 1. The topological polar surface area (TPSA) is 106 Å². The van der Waals surface area contributed by atoms with Gasteiger partial charge in [0.2, 0.25) is 0 Å². The van der Waals surface area contributed by atoms with Gasteiger partial charge >= 0.3 is 6.09 Å². The van der Waals surface area contributed by atoms with Crippen LogP contribution in [-0.4, -0.2) is 59.4 Å². The normalized spacial score (nSPS) is 18.0. The first-order chi connectivity index (χ1) is 17.3. The minimum absolute atomic E-state index is 0.141. The summed E-state index contributed by atoms with van der Waals surface area (Å²) in [4.78, 5) is 32.4. The minimum Gasteiger partial charge on any atom is -0.410 e. The number of aryl methyl sites for hydroxylation is 1. The fraction of sp³-hybridized carbons (Fsp3) is 0.444. The molecule has 0 bridgehead atoms. The van der Waals surface area contributed by atoms with Gasteiger partial charge in [-0.2, -0.15) is 0 Å². The molecule has 0 aliphatic carbocycles. The van der Waals surface area contributed by atoms with Crippen molar-refractivity contribution in [3.63, 3.8) is 0 Å². The largest absolute Gasteiger partial charge is 0.415 e. The smallest absolute Gasteiger partial charge is 0.410 e. The van der Waals surface area contributed by atoms with E-state index in [2.05, 4.69) is 12.2 Å². The maximum Gasteiger partial charge on any atom is 0.415 e. The number of fused-ring (bicyclic) bond motifs is 5. The third-order valence-electron chi connectivity index (χ3n) is 7.38. The summed E-state index contributed by atoms with van der Waals surface area (Å²) in [5.41, 5.74) is 4.14. The lowest BCUT2D eigenvalue weighted by molar-refractivity contribution is -0.0757. The Bertz CT molecular complexity index is 1420. The van der Waals surface area contributed by atoms with Crippen molar-refractivity contribution in [1.82, 2.24) is 19.8 Å². The van der Waals surface area contributed by atoms with Gasteiger partial charge in [-0.1, -0.05) is 13.8 Å². The van der Waals surface area contributed by atoms with E-state index in [0.29, 0.717) is 42.9 Å². The summed E-state index contributed by atoms with van der Waals surface area (Å²) in [6.45, 7) is 5.94. The van der Waals surface area contributed by atoms with Gasteiger partial charge in [0.15, 0.2) is 0 Å². The molecule has 9 nitrogen and oxygen atoms in total. The number of benzene rings is 1. The molecule has 2 N–H and O–H groups in total. The molecule has 3 aromatic rings. The van der Waals surface area contributed by atoms with Crippen molar-refractivity contribution in [2.45, 2.75) is 45.4 Å². The predicted octanol–water partition coefficient (Wildman–Crippen LogP) is 2.77. The Balaban J connectivity index is 1.58. The van der Waals surface area contributed by atoms with E-state index in [4.69, 9.17) is 14.5 Å². The van der Waals surface area contributed by atoms with Crippen LogP contribution in [0.1, 0.15) is 42.5 Å². The summed E-state index contributed by atoms with van der Waals surface area (Å²) in [7, 11) is 3.53. The summed E-state index contributed by atoms with van der Waals surface area (Å²) < 4.78 is 12.9. The molecule has 0 spiro atoms. The van der Waals surface area contributed by atoms with E-state index in [0.717, 1.165) is 39.8 Å². The molecule has 2 aliphatic rings. The molecular formula is C27H32N4O5. The number of nitrogens with one attached hydrogen (secondary N) is 1. The van der Waals surface area contributed by atoms with Crippen molar-refractivity contribution in [3.8, 4) is 17.1 Å². The van der Waals surface area contributed by atoms with Crippen LogP contribution in [0.4, 0.5) is 4.79 Å². The van der Waals surface area contributed by atoms with Crippen LogP contribution in [0.3, 0.4) is 0 Å². The van der Waals surface area contributed by atoms with E-state index in [-0.39, 0.29) is 18.8 Å². The standard InChI is InChI=1S/C27H32N4O5/c1-5-17-18-11-16(36-26(33)30(4)10-9-28-3)7-8-22(18)29-24-19(17)13-31-23(24)12-21-20(25(31)32)14-35-15-27(21,34)6-2/h7-8,11-12,28,34H,5-6,9-10,13-15H2,1-4H3/t27-/m1/s1. The molecule has 2 aliphatic heterocycles. The van der Waals surface area contributed by atoms with Crippen LogP contribution < -0.4 is 15.6 Å². The first-order valence-electron chi connectivity index (χ1n) is 12.4. The molecule has 0 unspecified atom stereocenters. The summed E-state index contributed by atoms with van der Waals surface area (Å²) >= 11 is 0. The average Bonchev–Trinajstić information content (AvgIpc) is 3.25. The molecular weight excluding hydrogens is 460 g/mol. The first kappa shape index (κ1) is 24.4. The second-order valence-electron chi connectivity index (χ2n) is 9.53. The SMILES string of the molecule is CCc1c2c(nc3ccc(OC(=O)N(C)CCNC)cc13)-c1cc3c(c(=O)n1C2)COC[C@]3(O)CC. The van der Waals surface area contributed by atoms with Crippen molar-refractivity contribution >= 4 is 17.0 Å². The van der Waals surface area contributed by atoms with Crippen LogP contribution in [0.15, 0.2) is 29.1 Å². The zero-order chi connectivity index (χ0) is 25.6. The van der Waals surface area contributed by atoms with E-state index in [1.54, 1.807) is 17.7 Å². The minimum atomic E-state index is -1.19. The van der Waals surface area contributed by atoms with Crippen molar-refractivity contribution in [2.75, 3.05) is 33.8 Å². The van der Waals surface area contributed by atoms with E-state index in [9.17, 15) is 14.7 Å². The van der Waals surface area contributed by atoms with Gasteiger partial charge in [-0.25, -0.2) is 9.78 Å². The maximum absolute atomic E-state index is 13.5. The number of likely N-dealkylation sites (N-methyl/N-ethyl adjacent to an activating group) is 2. The van der Waals surface area contributed by atoms with E-state index in [1.807, 2.05) is 32.2 Å². The Kier molecular flexibility index (Phi) is 6.32. The molecule has 0 saturated heterocycles. The first-order valence-corrected chi connectivity index (χ1v) is 12.4. The van der Waals surface area contributed by atoms with E-state index >= 15 is 0 Å². The summed E-state index contributed by atoms with van der Waals surface area (Å²) in [6.07, 6.45) is 0.754. The molecule has 36 heavy (non-hydrogen) atoms. The summed E-state index contributed by atoms with van der Waals surface area (Å²) in [6, 6.07) is 7.36. The number of pyridine rings is 2. The number of nitrogens with zero attached hydrogens (tertiary/aromatic N) is 3. The van der Waals surface area contributed by atoms with Gasteiger partial charge in [0.1, 0.15) is 11.4 Å². The monoisotopic (exact) mass is 492 g/mol. The fourth-order valence-corrected chi connectivity index (χ4v) is 5.19. The van der Waals surface area contributed by atoms with Gasteiger partial charge in [-0.15, -0.1) is 0 Å². The van der Waals surface area contributed by atoms with Crippen LogP contribution in [0.2, 0.25) is 0 Å². The number of aliphatic hydroxyl groups is 1. The Morgan fingerprint density at radius 2 is 2.11 bits per heavy atom. The Morgan fingerprint density at radius 1 is 1.31 bits per heavy atom. The molecule has 4 heterocycles. The third kappa shape index (κ3) is 3.87. The zero-order valence-corrected chi connectivity index (χ0v) is 21.2. The van der Waals surface area contributed by atoms with Crippen LogP contribution in [0.25, 0.3) is 22.3 Å². The predicted molar refractivity (Wildman–Crippen MR) is 136 cm³/mol. The van der Waals surface area contributed by atoms with Crippen molar-refractivity contribution in [3.05, 3.63) is 56.9 Å². The molecule has 1 atom stereocenters. The molecule has 0 saturated carbocycles. The number of carbonyl (C=O) groups is 1. The lowest BCUT2D eigenvalue weighted by atomic mass is 9.86. The van der Waals surface area contributed by atoms with Crippen LogP contribution >= 0.6 is 0 Å². The van der Waals surface area contributed by atoms with Crippen molar-refractivity contribution in [1.29, 1.82) is 0 Å². The molecule has 190 valence electrons. The van der Waals surface area contributed by atoms with Crippen molar-refractivity contribution in [2.24, 2.45) is 0 Å². The molecule has 1 amide bonds. The fourth-order valence-electron chi connectivity index (χ4n) is 5.19. The van der Waals surface area contributed by atoms with Gasteiger partial charge in [-0.3, -0.25) is 4.79 Å². The molecule has 1 aromatic carbocycles. The maximum atomic E-state index is 13.5. The Labute approximate surface area is 209 Å². The molecule has 0 radical (unpaired) electrons. The highest BCUT2D eigenvalue weighted by molar-refractivity contribution is 5.89. The third-order valence-corrected chi connectivity index (χ3v) is 7.38. The molecule has 0 fully saturated rings. The second-order valence-corrected chi connectivity index (χ2v) is 9.53. The number of carbonyl (C=O) groups excluding carboxylic acids is 1. The van der Waals surface area contributed by atoms with Gasteiger partial charge in [-0.05, 0) is 55.3 Å². The Morgan fingerprint density at radius 3 is 2.83 bits per heavy atom. The summed E-state index contributed by atoms with van der Waals surface area (Å²) in [5.74, 6) is 0.452. The highest BCUT2D eigenvalue weighted by atomic mass is 16.6. The van der Waals surface area contributed by atoms with Gasteiger partial charge in [0, 0.05) is 36.7 Å². The Hall–Kier alpha value is -3.27. The number of rotatable bonds is 6. The molecule has 9 heteroatoms. The van der Waals surface area contributed by atoms with Gasteiger partial charge in [0.05, 0.1) is 36.7 Å². The second kappa shape index (κ2) is 9.31. The zero-order valence-electron chi connectivity index (χ0n) is 21.2. The lowest BCUT2D eigenvalue weighted by Crippen LogP contribution is -2.40. The van der Waals surface area contributed by atoms with Crippen molar-refractivity contribution < 1.29 is 19.4 Å². The molecule has 5 rings (SSSR count). The van der Waals surface area contributed by atoms with Crippen LogP contribution in [0, 0.1) is 0 Å². The highest BCUT2D eigenvalue weighted by Gasteiger charge is 2.38. The van der Waals surface area contributed by atoms with Gasteiger partial charge in [0.25, 0.3) is 5.56 Å². The summed E-state index contributed by atoms with van der Waals surface area (Å²) in [5, 5.41) is 15.1. The number of aromatic nitrogens is 2. The van der Waals surface area contributed by atoms with Gasteiger partial charge < -0.3 is 29.4 Å². The van der Waals surface area contributed by atoms with Crippen LogP contribution in [0.5, 0.6) is 5.75 Å². The number of hydrogen-bond acceptors (Lipinski definition) is 7. The number of hydrogen-bond donors (Lipinski definition) is 2. The average molecular weight is 493 g/mol. The van der Waals surface area contributed by atoms with E-state index in [1.165, 1.54) is 4.90 Å². The molecule has 2 aromatic heterocycles. The number of ether oxygens (including phenoxy) is 2. The van der Waals surface area contributed by atoms with Crippen LogP contribution in [-0.2, 0) is 29.9 Å². The quantitative estimate of drug-likeness (QED) is 0.426. The highest BCUT2D eigenvalue weighted by Crippen LogP contribution is 2.40.